The van der Waals surface area contributed by atoms with Crippen LogP contribution in [-0.2, 0) is 16.0 Å². The summed E-state index contributed by atoms with van der Waals surface area (Å²) in [5, 5.41) is 11.1. The number of carboxylic acids is 1. The normalized spacial score (nSPS) is 10.2. The van der Waals surface area contributed by atoms with Crippen molar-refractivity contribution in [3.05, 3.63) is 46.3 Å². The van der Waals surface area contributed by atoms with Gasteiger partial charge >= 0.3 is 6.36 Å². The highest BCUT2D eigenvalue weighted by Gasteiger charge is 2.31. The SMILES string of the molecule is CC(=O)O.CCSCCC=O.CCc1cc(C(=O)c2ccc(OC(F)(F)F)cc2)c(NC)s1. The van der Waals surface area contributed by atoms with Crippen LogP contribution in [0.5, 0.6) is 5.75 Å². The van der Waals surface area contributed by atoms with Gasteiger partial charge in [-0.2, -0.15) is 11.8 Å². The van der Waals surface area contributed by atoms with Gasteiger partial charge in [0.2, 0.25) is 0 Å². The molecule has 0 aliphatic heterocycles. The number of ketones is 1. The number of aliphatic carboxylic acids is 1. The van der Waals surface area contributed by atoms with E-state index in [-0.39, 0.29) is 11.5 Å². The highest BCUT2D eigenvalue weighted by atomic mass is 32.2. The Morgan fingerprint density at radius 2 is 1.79 bits per heavy atom. The first-order chi connectivity index (χ1) is 15.5. The van der Waals surface area contributed by atoms with Gasteiger partial charge in [0.25, 0.3) is 5.97 Å². The van der Waals surface area contributed by atoms with Gasteiger partial charge in [0.1, 0.15) is 12.0 Å². The zero-order valence-corrected chi connectivity index (χ0v) is 20.5. The van der Waals surface area contributed by atoms with E-state index in [9.17, 15) is 22.8 Å². The number of carbonyl (C=O) groups excluding carboxylic acids is 2. The van der Waals surface area contributed by atoms with Gasteiger partial charge in [-0.05, 0) is 48.3 Å². The van der Waals surface area contributed by atoms with E-state index in [1.54, 1.807) is 24.9 Å². The molecule has 11 heteroatoms. The third-order valence-electron chi connectivity index (χ3n) is 3.54. The smallest absolute Gasteiger partial charge is 0.481 e. The Hall–Kier alpha value is -2.53. The first-order valence-corrected chi connectivity index (χ1v) is 11.9. The number of anilines is 1. The van der Waals surface area contributed by atoms with Crippen LogP contribution in [0, 0.1) is 0 Å². The predicted molar refractivity (Wildman–Crippen MR) is 127 cm³/mol. The van der Waals surface area contributed by atoms with E-state index in [4.69, 9.17) is 9.90 Å². The summed E-state index contributed by atoms with van der Waals surface area (Å²) in [5.74, 6) is 0.685. The fourth-order valence-corrected chi connectivity index (χ4v) is 3.71. The number of carbonyl (C=O) groups is 3. The maximum atomic E-state index is 12.5. The summed E-state index contributed by atoms with van der Waals surface area (Å²) in [7, 11) is 1.72. The molecule has 0 unspecified atom stereocenters. The molecule has 0 aliphatic rings. The van der Waals surface area contributed by atoms with E-state index in [1.807, 2.05) is 6.92 Å². The lowest BCUT2D eigenvalue weighted by molar-refractivity contribution is -0.274. The molecule has 0 atom stereocenters. The second-order valence-electron chi connectivity index (χ2n) is 6.13. The molecule has 2 aromatic rings. The number of carboxylic acid groups (broad SMARTS) is 1. The van der Waals surface area contributed by atoms with Crippen LogP contribution in [0.3, 0.4) is 0 Å². The Morgan fingerprint density at radius 1 is 1.21 bits per heavy atom. The molecule has 0 amide bonds. The van der Waals surface area contributed by atoms with Crippen molar-refractivity contribution in [2.75, 3.05) is 23.9 Å². The molecule has 0 fully saturated rings. The first-order valence-electron chi connectivity index (χ1n) is 9.90. The molecule has 1 heterocycles. The summed E-state index contributed by atoms with van der Waals surface area (Å²) < 4.78 is 40.1. The Bertz CT molecular complexity index is 864. The van der Waals surface area contributed by atoms with Crippen LogP contribution >= 0.6 is 23.1 Å². The number of rotatable bonds is 9. The molecule has 0 bridgehead atoms. The van der Waals surface area contributed by atoms with Crippen molar-refractivity contribution in [1.29, 1.82) is 0 Å². The van der Waals surface area contributed by atoms with Crippen molar-refractivity contribution >= 4 is 46.1 Å². The number of aldehydes is 1. The lowest BCUT2D eigenvalue weighted by Gasteiger charge is -2.09. The number of thioether (sulfide) groups is 1. The van der Waals surface area contributed by atoms with E-state index in [0.29, 0.717) is 17.5 Å². The minimum Gasteiger partial charge on any atom is -0.481 e. The Balaban J connectivity index is 0.000000776. The zero-order chi connectivity index (χ0) is 25.4. The van der Waals surface area contributed by atoms with Crippen molar-refractivity contribution in [1.82, 2.24) is 0 Å². The topological polar surface area (TPSA) is 92.7 Å². The largest absolute Gasteiger partial charge is 0.573 e. The number of hydrogen-bond acceptors (Lipinski definition) is 7. The van der Waals surface area contributed by atoms with E-state index in [2.05, 4.69) is 17.0 Å². The highest BCUT2D eigenvalue weighted by molar-refractivity contribution is 7.99. The van der Waals surface area contributed by atoms with Gasteiger partial charge in [-0.15, -0.1) is 24.5 Å². The molecule has 0 radical (unpaired) electrons. The van der Waals surface area contributed by atoms with Crippen molar-refractivity contribution < 1.29 is 37.4 Å². The molecule has 2 rings (SSSR count). The monoisotopic (exact) mass is 507 g/mol. The second kappa shape index (κ2) is 16.1. The van der Waals surface area contributed by atoms with Gasteiger partial charge in [0.15, 0.2) is 5.78 Å². The van der Waals surface area contributed by atoms with Crippen LogP contribution < -0.4 is 10.1 Å². The molecule has 33 heavy (non-hydrogen) atoms. The molecular formula is C22H28F3NO5S2. The summed E-state index contributed by atoms with van der Waals surface area (Å²) >= 11 is 3.29. The standard InChI is InChI=1S/C15H14F3NO2S.C5H10OS.C2H4O2/c1-3-11-8-12(14(19-2)22-11)13(20)9-4-6-10(7-5-9)21-15(16,17)18;1-2-7-5-3-4-6;1-2(3)4/h4-8,19H,3H2,1-2H3;4H,2-3,5H2,1H3;1H3,(H,3,4). The number of halogens is 3. The Kier molecular flexibility index (Phi) is 14.9. The average molecular weight is 508 g/mol. The minimum absolute atomic E-state index is 0.237. The minimum atomic E-state index is -4.74. The summed E-state index contributed by atoms with van der Waals surface area (Å²) in [6, 6.07) is 6.72. The van der Waals surface area contributed by atoms with Crippen molar-refractivity contribution in [2.45, 2.75) is 40.0 Å². The maximum Gasteiger partial charge on any atom is 0.573 e. The zero-order valence-electron chi connectivity index (χ0n) is 18.8. The third-order valence-corrected chi connectivity index (χ3v) is 5.77. The molecule has 2 N–H and O–H groups in total. The van der Waals surface area contributed by atoms with E-state index >= 15 is 0 Å². The number of aryl methyl sites for hydroxylation is 1. The Labute approximate surface area is 199 Å². The summed E-state index contributed by atoms with van der Waals surface area (Å²) in [4.78, 5) is 32.2. The first kappa shape index (κ1) is 30.5. The average Bonchev–Trinajstić information content (AvgIpc) is 3.17. The fraction of sp³-hybridized carbons (Fsp3) is 0.409. The van der Waals surface area contributed by atoms with E-state index < -0.39 is 12.3 Å². The van der Waals surface area contributed by atoms with Crippen molar-refractivity contribution in [2.24, 2.45) is 0 Å². The number of hydrogen-bond donors (Lipinski definition) is 2. The van der Waals surface area contributed by atoms with Crippen LogP contribution in [0.1, 0.15) is 48.0 Å². The summed E-state index contributed by atoms with van der Waals surface area (Å²) in [5.41, 5.74) is 0.834. The number of alkyl halides is 3. The van der Waals surface area contributed by atoms with E-state index in [1.165, 1.54) is 23.5 Å². The molecule has 0 aliphatic carbocycles. The van der Waals surface area contributed by atoms with Crippen LogP contribution in [-0.4, -0.2) is 48.1 Å². The lowest BCUT2D eigenvalue weighted by Crippen LogP contribution is -2.17. The van der Waals surface area contributed by atoms with Crippen molar-refractivity contribution in [3.8, 4) is 5.75 Å². The van der Waals surface area contributed by atoms with Gasteiger partial charge in [-0.3, -0.25) is 9.59 Å². The van der Waals surface area contributed by atoms with E-state index in [0.717, 1.165) is 53.1 Å². The summed E-state index contributed by atoms with van der Waals surface area (Å²) in [6.45, 7) is 5.16. The van der Waals surface area contributed by atoms with Gasteiger partial charge in [0.05, 0.1) is 10.6 Å². The van der Waals surface area contributed by atoms with Gasteiger partial charge in [-0.25, -0.2) is 0 Å². The van der Waals surface area contributed by atoms with Crippen LogP contribution in [0.2, 0.25) is 0 Å². The second-order valence-corrected chi connectivity index (χ2v) is 8.66. The molecule has 1 aromatic heterocycles. The molecule has 1 aromatic carbocycles. The van der Waals surface area contributed by atoms with Gasteiger partial charge in [0, 0.05) is 30.8 Å². The van der Waals surface area contributed by atoms with Gasteiger partial charge < -0.3 is 20.0 Å². The third kappa shape index (κ3) is 13.6. The quantitative estimate of drug-likeness (QED) is 0.248. The number of benzene rings is 1. The molecule has 0 spiro atoms. The number of thiophene rings is 1. The van der Waals surface area contributed by atoms with Crippen LogP contribution in [0.4, 0.5) is 18.2 Å². The van der Waals surface area contributed by atoms with Crippen molar-refractivity contribution in [3.63, 3.8) is 0 Å². The number of ether oxygens (including phenoxy) is 1. The predicted octanol–water partition coefficient (Wildman–Crippen LogP) is 5.90. The summed E-state index contributed by atoms with van der Waals surface area (Å²) in [6.07, 6.45) is -2.26. The molecule has 0 saturated heterocycles. The maximum absolute atomic E-state index is 12.5. The molecular weight excluding hydrogens is 479 g/mol. The lowest BCUT2D eigenvalue weighted by atomic mass is 10.0. The van der Waals surface area contributed by atoms with Gasteiger partial charge in [-0.1, -0.05) is 13.8 Å². The molecule has 0 saturated carbocycles. The highest BCUT2D eigenvalue weighted by Crippen LogP contribution is 2.31. The molecule has 184 valence electrons. The fourth-order valence-electron chi connectivity index (χ4n) is 2.21. The van der Waals surface area contributed by atoms with Crippen LogP contribution in [0.25, 0.3) is 0 Å². The van der Waals surface area contributed by atoms with Crippen LogP contribution in [0.15, 0.2) is 30.3 Å². The number of nitrogens with one attached hydrogen (secondary N) is 1. The molecule has 6 nitrogen and oxygen atoms in total. The Morgan fingerprint density at radius 3 is 2.21 bits per heavy atom.